The van der Waals surface area contributed by atoms with Crippen LogP contribution in [0.15, 0.2) is 60.2 Å². The lowest BCUT2D eigenvalue weighted by atomic mass is 9.67. The van der Waals surface area contributed by atoms with E-state index in [-0.39, 0.29) is 5.92 Å². The predicted octanol–water partition coefficient (Wildman–Crippen LogP) is 4.33. The highest BCUT2D eigenvalue weighted by Crippen LogP contribution is 2.49. The molecule has 1 N–H and O–H groups in total. The molecule has 2 unspecified atom stereocenters. The van der Waals surface area contributed by atoms with Crippen LogP contribution in [0.4, 0.5) is 0 Å². The monoisotopic (exact) mass is 351 g/mol. The third kappa shape index (κ3) is 3.69. The quantitative estimate of drug-likeness (QED) is 0.870. The molecule has 0 saturated heterocycles. The smallest absolute Gasteiger partial charge is 0.125 e. The van der Waals surface area contributed by atoms with Crippen LogP contribution < -0.4 is 4.74 Å². The fourth-order valence-electron chi connectivity index (χ4n) is 4.15. The van der Waals surface area contributed by atoms with Crippen LogP contribution in [0.3, 0.4) is 0 Å². The first kappa shape index (κ1) is 18.7. The van der Waals surface area contributed by atoms with E-state index in [4.69, 9.17) is 4.74 Å². The summed E-state index contributed by atoms with van der Waals surface area (Å²) in [7, 11) is 5.81. The molecule has 1 saturated carbocycles. The zero-order valence-electron chi connectivity index (χ0n) is 16.0. The van der Waals surface area contributed by atoms with Crippen molar-refractivity contribution in [3.63, 3.8) is 0 Å². The van der Waals surface area contributed by atoms with Gasteiger partial charge < -0.3 is 14.7 Å². The molecule has 1 fully saturated rings. The molecule has 3 nitrogen and oxygen atoms in total. The molecule has 0 heterocycles. The van der Waals surface area contributed by atoms with E-state index < -0.39 is 5.60 Å². The average molecular weight is 351 g/mol. The number of benzene rings is 2. The number of hydrogen-bond donors (Lipinski definition) is 1. The maximum atomic E-state index is 12.1. The van der Waals surface area contributed by atoms with Gasteiger partial charge in [-0.25, -0.2) is 0 Å². The second-order valence-electron chi connectivity index (χ2n) is 7.40. The van der Waals surface area contributed by atoms with Gasteiger partial charge in [-0.05, 0) is 50.6 Å². The van der Waals surface area contributed by atoms with E-state index in [1.807, 2.05) is 42.5 Å². The second kappa shape index (κ2) is 8.07. The molecule has 1 aliphatic carbocycles. The lowest BCUT2D eigenvalue weighted by Gasteiger charge is -2.44. The van der Waals surface area contributed by atoms with E-state index in [9.17, 15) is 5.11 Å². The zero-order valence-corrected chi connectivity index (χ0v) is 16.0. The molecule has 3 heteroatoms. The summed E-state index contributed by atoms with van der Waals surface area (Å²) in [5.74, 6) is 0.872. The highest BCUT2D eigenvalue weighted by molar-refractivity contribution is 5.58. The van der Waals surface area contributed by atoms with Gasteiger partial charge in [0, 0.05) is 18.0 Å². The minimum Gasteiger partial charge on any atom is -0.496 e. The van der Waals surface area contributed by atoms with Gasteiger partial charge in [0.05, 0.1) is 7.11 Å². The fourth-order valence-corrected chi connectivity index (χ4v) is 4.15. The van der Waals surface area contributed by atoms with Gasteiger partial charge in [-0.15, -0.1) is 0 Å². The van der Waals surface area contributed by atoms with Crippen LogP contribution in [0.1, 0.15) is 30.4 Å². The summed E-state index contributed by atoms with van der Waals surface area (Å²) in [6.07, 6.45) is 5.15. The maximum absolute atomic E-state index is 12.1. The zero-order chi connectivity index (χ0) is 18.6. The third-order valence-corrected chi connectivity index (χ3v) is 5.32. The summed E-state index contributed by atoms with van der Waals surface area (Å²) in [6, 6.07) is 18.2. The van der Waals surface area contributed by atoms with E-state index in [0.29, 0.717) is 0 Å². The van der Waals surface area contributed by atoms with Gasteiger partial charge in [0.25, 0.3) is 0 Å². The van der Waals surface area contributed by atoms with Gasteiger partial charge in [-0.1, -0.05) is 54.6 Å². The molecule has 2 aromatic rings. The van der Waals surface area contributed by atoms with Crippen LogP contribution in [0, 0.1) is 5.92 Å². The van der Waals surface area contributed by atoms with Crippen molar-refractivity contribution in [1.29, 1.82) is 0 Å². The largest absolute Gasteiger partial charge is 0.496 e. The highest BCUT2D eigenvalue weighted by Gasteiger charge is 2.45. The van der Waals surface area contributed by atoms with Crippen LogP contribution in [0.25, 0.3) is 6.08 Å². The Balaban J connectivity index is 2.14. The summed E-state index contributed by atoms with van der Waals surface area (Å²) < 4.78 is 5.61. The van der Waals surface area contributed by atoms with Gasteiger partial charge in [-0.2, -0.15) is 0 Å². The maximum Gasteiger partial charge on any atom is 0.125 e. The van der Waals surface area contributed by atoms with Crippen LogP contribution in [0.2, 0.25) is 0 Å². The molecule has 0 radical (unpaired) electrons. The summed E-state index contributed by atoms with van der Waals surface area (Å²) in [6.45, 7) is 0.834. The summed E-state index contributed by atoms with van der Waals surface area (Å²) in [5.41, 5.74) is 2.05. The van der Waals surface area contributed by atoms with Crippen molar-refractivity contribution >= 4 is 6.08 Å². The molecule has 2 atom stereocenters. The molecule has 0 aromatic heterocycles. The topological polar surface area (TPSA) is 32.7 Å². The molecule has 0 bridgehead atoms. The molecule has 0 amide bonds. The van der Waals surface area contributed by atoms with E-state index in [2.05, 4.69) is 37.2 Å². The fraction of sp³-hybridized carbons (Fsp3) is 0.391. The third-order valence-electron chi connectivity index (χ3n) is 5.32. The minimum atomic E-state index is -1.02. The number of rotatable bonds is 5. The Morgan fingerprint density at radius 3 is 2.50 bits per heavy atom. The Labute approximate surface area is 156 Å². The van der Waals surface area contributed by atoms with Crippen molar-refractivity contribution in [2.45, 2.75) is 24.9 Å². The molecule has 1 aliphatic rings. The van der Waals surface area contributed by atoms with Crippen molar-refractivity contribution in [3.05, 3.63) is 71.3 Å². The number of hydrogen-bond acceptors (Lipinski definition) is 3. The minimum absolute atomic E-state index is 0.123. The summed E-state index contributed by atoms with van der Waals surface area (Å²) >= 11 is 0. The van der Waals surface area contributed by atoms with Crippen LogP contribution >= 0.6 is 0 Å². The van der Waals surface area contributed by atoms with E-state index in [0.717, 1.165) is 48.3 Å². The Kier molecular flexibility index (Phi) is 5.80. The van der Waals surface area contributed by atoms with Gasteiger partial charge in [0.15, 0.2) is 0 Å². The average Bonchev–Trinajstić information content (AvgIpc) is 2.65. The lowest BCUT2D eigenvalue weighted by molar-refractivity contribution is -0.0190. The Morgan fingerprint density at radius 1 is 1.12 bits per heavy atom. The number of aliphatic hydroxyl groups is 1. The standard InChI is InChI=1S/C23H29NO2/c1-24(2)17-20-13-9-12-19(16-18-10-5-4-6-11-18)23(20,25)21-14-7-8-15-22(21)26-3/h4-8,10-11,14-16,20,25H,9,12-13,17H2,1-3H3. The molecular weight excluding hydrogens is 322 g/mol. The highest BCUT2D eigenvalue weighted by atomic mass is 16.5. The van der Waals surface area contributed by atoms with Crippen LogP contribution in [-0.2, 0) is 5.60 Å². The molecular formula is C23H29NO2. The van der Waals surface area contributed by atoms with Gasteiger partial charge in [0.2, 0.25) is 0 Å². The number of ether oxygens (including phenoxy) is 1. The molecule has 138 valence electrons. The SMILES string of the molecule is COc1ccccc1C1(O)C(=Cc2ccccc2)CCCC1CN(C)C. The van der Waals surface area contributed by atoms with Crippen molar-refractivity contribution in [2.75, 3.05) is 27.7 Å². The first-order valence-corrected chi connectivity index (χ1v) is 9.32. The van der Waals surface area contributed by atoms with Gasteiger partial charge in [0.1, 0.15) is 11.4 Å². The Bertz CT molecular complexity index is 754. The Hall–Kier alpha value is -2.10. The molecule has 0 spiro atoms. The van der Waals surface area contributed by atoms with Crippen LogP contribution in [0.5, 0.6) is 5.75 Å². The first-order chi connectivity index (χ1) is 12.6. The van der Waals surface area contributed by atoms with E-state index in [1.165, 1.54) is 0 Å². The predicted molar refractivity (Wildman–Crippen MR) is 107 cm³/mol. The van der Waals surface area contributed by atoms with Crippen molar-refractivity contribution < 1.29 is 9.84 Å². The van der Waals surface area contributed by atoms with Crippen molar-refractivity contribution in [1.82, 2.24) is 4.90 Å². The van der Waals surface area contributed by atoms with Crippen molar-refractivity contribution in [2.24, 2.45) is 5.92 Å². The van der Waals surface area contributed by atoms with E-state index in [1.54, 1.807) is 7.11 Å². The van der Waals surface area contributed by atoms with E-state index >= 15 is 0 Å². The van der Waals surface area contributed by atoms with Gasteiger partial charge >= 0.3 is 0 Å². The molecule has 3 rings (SSSR count). The summed E-state index contributed by atoms with van der Waals surface area (Å²) in [4.78, 5) is 2.16. The number of nitrogens with zero attached hydrogens (tertiary/aromatic N) is 1. The second-order valence-corrected chi connectivity index (χ2v) is 7.40. The molecule has 2 aromatic carbocycles. The molecule has 26 heavy (non-hydrogen) atoms. The van der Waals surface area contributed by atoms with Gasteiger partial charge in [-0.3, -0.25) is 0 Å². The summed E-state index contributed by atoms with van der Waals surface area (Å²) in [5, 5.41) is 12.1. The Morgan fingerprint density at radius 2 is 1.81 bits per heavy atom. The van der Waals surface area contributed by atoms with Crippen molar-refractivity contribution in [3.8, 4) is 5.75 Å². The molecule has 0 aliphatic heterocycles. The first-order valence-electron chi connectivity index (χ1n) is 9.32. The number of methoxy groups -OCH3 is 1. The normalized spacial score (nSPS) is 24.8. The van der Waals surface area contributed by atoms with Crippen LogP contribution in [-0.4, -0.2) is 37.8 Å². The number of para-hydroxylation sites is 1. The lowest BCUT2D eigenvalue weighted by Crippen LogP contribution is -2.44.